The molecule has 1 atom stereocenters. The van der Waals surface area contributed by atoms with Crippen LogP contribution in [-0.4, -0.2) is 37.1 Å². The molecular weight excluding hydrogens is 296 g/mol. The number of thiophene rings is 1. The van der Waals surface area contributed by atoms with E-state index >= 15 is 0 Å². The molecule has 2 nitrogen and oxygen atoms in total. The third-order valence-corrected chi connectivity index (χ3v) is 5.49. The Morgan fingerprint density at radius 1 is 1.47 bits per heavy atom. The Hall–Kier alpha value is 0.1000. The summed E-state index contributed by atoms with van der Waals surface area (Å²) in [6, 6.07) is 2.59. The summed E-state index contributed by atoms with van der Waals surface area (Å²) in [4.78, 5) is 3.72. The number of hydrogen-bond donors (Lipinski definition) is 1. The number of rotatable bonds is 6. The van der Waals surface area contributed by atoms with Crippen molar-refractivity contribution in [3.63, 3.8) is 0 Å². The fraction of sp³-hybridized carbons (Fsp3) is 0.692. The average Bonchev–Trinajstić information content (AvgIpc) is 2.63. The molecule has 1 aromatic heterocycles. The molecular formula is C13H23BrN2S. The molecule has 1 rings (SSSR count). The van der Waals surface area contributed by atoms with Crippen LogP contribution >= 0.6 is 27.3 Å². The molecule has 1 heterocycles. The third-order valence-electron chi connectivity index (χ3n) is 3.54. The van der Waals surface area contributed by atoms with Gasteiger partial charge in [0.15, 0.2) is 0 Å². The molecule has 0 aromatic carbocycles. The second-order valence-corrected chi connectivity index (χ2v) is 6.91. The molecule has 0 bridgehead atoms. The van der Waals surface area contributed by atoms with Gasteiger partial charge in [-0.05, 0) is 68.3 Å². The summed E-state index contributed by atoms with van der Waals surface area (Å²) in [7, 11) is 4.29. The van der Waals surface area contributed by atoms with Crippen molar-refractivity contribution in [2.45, 2.75) is 38.8 Å². The number of nitrogens with zero attached hydrogens (tertiary/aromatic N) is 1. The molecule has 0 aliphatic carbocycles. The van der Waals surface area contributed by atoms with E-state index in [1.54, 1.807) is 0 Å². The highest BCUT2D eigenvalue weighted by molar-refractivity contribution is 9.10. The van der Waals surface area contributed by atoms with Gasteiger partial charge >= 0.3 is 0 Å². The summed E-state index contributed by atoms with van der Waals surface area (Å²) in [5.74, 6) is 0. The van der Waals surface area contributed by atoms with Gasteiger partial charge in [-0.2, -0.15) is 0 Å². The van der Waals surface area contributed by atoms with Gasteiger partial charge in [-0.15, -0.1) is 11.3 Å². The van der Waals surface area contributed by atoms with Crippen molar-refractivity contribution in [2.75, 3.05) is 20.6 Å². The van der Waals surface area contributed by atoms with Crippen LogP contribution in [0.2, 0.25) is 0 Å². The maximum absolute atomic E-state index is 3.62. The zero-order valence-corrected chi connectivity index (χ0v) is 13.8. The standard InChI is InChI=1S/C13H23BrN2S/c1-6-15-12(13(2,3)16(4)5)9-11-10(14)7-8-17-11/h7-8,12,15H,6,9H2,1-5H3. The van der Waals surface area contributed by atoms with E-state index in [4.69, 9.17) is 0 Å². The minimum Gasteiger partial charge on any atom is -0.312 e. The highest BCUT2D eigenvalue weighted by Crippen LogP contribution is 2.27. The molecule has 0 fully saturated rings. The molecule has 0 radical (unpaired) electrons. The molecule has 0 saturated carbocycles. The van der Waals surface area contributed by atoms with Gasteiger partial charge in [0, 0.05) is 20.9 Å². The largest absolute Gasteiger partial charge is 0.312 e. The van der Waals surface area contributed by atoms with Crippen LogP contribution in [0.1, 0.15) is 25.6 Å². The third kappa shape index (κ3) is 3.78. The lowest BCUT2D eigenvalue weighted by atomic mass is 9.90. The van der Waals surface area contributed by atoms with Crippen LogP contribution < -0.4 is 5.32 Å². The van der Waals surface area contributed by atoms with Crippen molar-refractivity contribution in [3.05, 3.63) is 20.8 Å². The molecule has 4 heteroatoms. The summed E-state index contributed by atoms with van der Waals surface area (Å²) in [6.07, 6.45) is 1.07. The Morgan fingerprint density at radius 3 is 2.53 bits per heavy atom. The Balaban J connectivity index is 2.83. The normalized spacial score (nSPS) is 14.3. The topological polar surface area (TPSA) is 15.3 Å². The first-order valence-electron chi connectivity index (χ1n) is 6.02. The van der Waals surface area contributed by atoms with Gasteiger partial charge in [0.1, 0.15) is 0 Å². The number of halogens is 1. The van der Waals surface area contributed by atoms with Crippen LogP contribution in [0.25, 0.3) is 0 Å². The van der Waals surface area contributed by atoms with Crippen LogP contribution in [0.3, 0.4) is 0 Å². The van der Waals surface area contributed by atoms with Crippen LogP contribution in [0, 0.1) is 0 Å². The van der Waals surface area contributed by atoms with Crippen molar-refractivity contribution in [1.82, 2.24) is 10.2 Å². The van der Waals surface area contributed by atoms with E-state index in [0.717, 1.165) is 13.0 Å². The lowest BCUT2D eigenvalue weighted by Gasteiger charge is -2.40. The molecule has 1 unspecified atom stereocenters. The SMILES string of the molecule is CCNC(Cc1sccc1Br)C(C)(C)N(C)C. The van der Waals surface area contributed by atoms with Gasteiger partial charge < -0.3 is 10.2 Å². The van der Waals surface area contributed by atoms with Gasteiger partial charge in [0.25, 0.3) is 0 Å². The highest BCUT2D eigenvalue weighted by atomic mass is 79.9. The number of likely N-dealkylation sites (N-methyl/N-ethyl adjacent to an activating group) is 2. The lowest BCUT2D eigenvalue weighted by molar-refractivity contribution is 0.138. The second kappa shape index (κ2) is 6.32. The smallest absolute Gasteiger partial charge is 0.0314 e. The fourth-order valence-electron chi connectivity index (χ4n) is 1.79. The molecule has 1 aromatic rings. The van der Waals surface area contributed by atoms with E-state index in [9.17, 15) is 0 Å². The maximum Gasteiger partial charge on any atom is 0.0314 e. The minimum atomic E-state index is 0.138. The Bertz CT molecular complexity index is 347. The molecule has 0 saturated heterocycles. The van der Waals surface area contributed by atoms with E-state index in [1.165, 1.54) is 9.35 Å². The highest BCUT2D eigenvalue weighted by Gasteiger charge is 2.31. The van der Waals surface area contributed by atoms with Gasteiger partial charge in [0.2, 0.25) is 0 Å². The van der Waals surface area contributed by atoms with Crippen molar-refractivity contribution in [3.8, 4) is 0 Å². The zero-order valence-electron chi connectivity index (χ0n) is 11.4. The van der Waals surface area contributed by atoms with E-state index < -0.39 is 0 Å². The van der Waals surface area contributed by atoms with Crippen LogP contribution in [-0.2, 0) is 6.42 Å². The Morgan fingerprint density at radius 2 is 2.12 bits per heavy atom. The first kappa shape index (κ1) is 15.2. The zero-order chi connectivity index (χ0) is 13.1. The van der Waals surface area contributed by atoms with E-state index in [1.807, 2.05) is 11.3 Å². The molecule has 0 amide bonds. The molecule has 17 heavy (non-hydrogen) atoms. The fourth-order valence-corrected chi connectivity index (χ4v) is 3.35. The Labute approximate surface area is 118 Å². The molecule has 0 aliphatic heterocycles. The molecule has 0 aliphatic rings. The summed E-state index contributed by atoms with van der Waals surface area (Å²) in [5.41, 5.74) is 0.138. The van der Waals surface area contributed by atoms with Crippen molar-refractivity contribution < 1.29 is 0 Å². The van der Waals surface area contributed by atoms with Crippen molar-refractivity contribution in [2.24, 2.45) is 0 Å². The van der Waals surface area contributed by atoms with Gasteiger partial charge in [0.05, 0.1) is 0 Å². The van der Waals surface area contributed by atoms with E-state index in [0.29, 0.717) is 6.04 Å². The summed E-state index contributed by atoms with van der Waals surface area (Å²) >= 11 is 5.44. The summed E-state index contributed by atoms with van der Waals surface area (Å²) in [5, 5.41) is 5.76. The lowest BCUT2D eigenvalue weighted by Crippen LogP contribution is -2.56. The van der Waals surface area contributed by atoms with Crippen molar-refractivity contribution in [1.29, 1.82) is 0 Å². The predicted octanol–water partition coefficient (Wildman–Crippen LogP) is 3.37. The van der Waals surface area contributed by atoms with Gasteiger partial charge in [-0.1, -0.05) is 6.92 Å². The predicted molar refractivity (Wildman–Crippen MR) is 81.0 cm³/mol. The van der Waals surface area contributed by atoms with Crippen LogP contribution in [0.4, 0.5) is 0 Å². The first-order chi connectivity index (χ1) is 7.89. The second-order valence-electron chi connectivity index (χ2n) is 5.05. The van der Waals surface area contributed by atoms with Crippen LogP contribution in [0.15, 0.2) is 15.9 Å². The molecule has 1 N–H and O–H groups in total. The van der Waals surface area contributed by atoms with Crippen LogP contribution in [0.5, 0.6) is 0 Å². The first-order valence-corrected chi connectivity index (χ1v) is 7.69. The summed E-state index contributed by atoms with van der Waals surface area (Å²) < 4.78 is 1.24. The Kier molecular flexibility index (Phi) is 5.64. The van der Waals surface area contributed by atoms with Crippen molar-refractivity contribution >= 4 is 27.3 Å². The quantitative estimate of drug-likeness (QED) is 0.865. The number of hydrogen-bond acceptors (Lipinski definition) is 3. The van der Waals surface area contributed by atoms with E-state index in [2.05, 4.69) is 72.5 Å². The van der Waals surface area contributed by atoms with E-state index in [-0.39, 0.29) is 5.54 Å². The number of nitrogens with one attached hydrogen (secondary N) is 1. The minimum absolute atomic E-state index is 0.138. The average molecular weight is 319 g/mol. The molecule has 0 spiro atoms. The maximum atomic E-state index is 3.62. The summed E-state index contributed by atoms with van der Waals surface area (Å²) in [6.45, 7) is 7.76. The van der Waals surface area contributed by atoms with Gasteiger partial charge in [-0.25, -0.2) is 0 Å². The van der Waals surface area contributed by atoms with Gasteiger partial charge in [-0.3, -0.25) is 0 Å². The monoisotopic (exact) mass is 318 g/mol. The molecule has 98 valence electrons.